The van der Waals surface area contributed by atoms with E-state index in [0.29, 0.717) is 0 Å². The minimum Gasteiger partial charge on any atom is -0.357 e. The molecule has 2 saturated heterocycles. The predicted molar refractivity (Wildman–Crippen MR) is 230 cm³/mol. The molecule has 2 atom stereocenters. The predicted octanol–water partition coefficient (Wildman–Crippen LogP) is 15.2. The summed E-state index contributed by atoms with van der Waals surface area (Å²) in [5.74, 6) is 0. The van der Waals surface area contributed by atoms with Crippen LogP contribution in [-0.2, 0) is 22.3 Å². The van der Waals surface area contributed by atoms with Gasteiger partial charge >= 0.3 is 0 Å². The Hall–Kier alpha value is -1.66. The minimum atomic E-state index is 0.190. The van der Waals surface area contributed by atoms with Crippen LogP contribution in [0.25, 0.3) is 0 Å². The Morgan fingerprint density at radius 2 is 0.722 bits per heavy atom. The number of unbranched alkanes of at least 4 members (excludes halogenated alkanes) is 26. The molecule has 0 saturated carbocycles. The summed E-state index contributed by atoms with van der Waals surface area (Å²) >= 11 is 0. The number of hydrogen-bond acceptors (Lipinski definition) is 4. The van der Waals surface area contributed by atoms with Crippen LogP contribution in [0.4, 0.5) is 0 Å². The van der Waals surface area contributed by atoms with Crippen molar-refractivity contribution in [2.24, 2.45) is 0 Å². The van der Waals surface area contributed by atoms with Gasteiger partial charge in [-0.1, -0.05) is 181 Å². The Morgan fingerprint density at radius 3 is 1.00 bits per heavy atom. The van der Waals surface area contributed by atoms with E-state index >= 15 is 0 Å². The highest BCUT2D eigenvalue weighted by molar-refractivity contribution is 5.02. The van der Waals surface area contributed by atoms with Crippen molar-refractivity contribution < 1.29 is 9.47 Å². The molecule has 0 amide bonds. The van der Waals surface area contributed by atoms with Crippen LogP contribution < -0.4 is 0 Å². The standard InChI is InChI=1S/2C24H44N2O/c2*1-2-3-4-5-6-7-8-9-10-11-12-13-14-15-18-23-20-21-25-26(23)24-19-16-17-22-27-24/h2*20-21,24H,2-19,22H2,1H3/t2*24-/m10/s1. The Kier molecular flexibility index (Phi) is 29.0. The summed E-state index contributed by atoms with van der Waals surface area (Å²) in [4.78, 5) is 0. The third-order valence-corrected chi connectivity index (χ3v) is 11.9. The molecule has 312 valence electrons. The molecular weight excluding hydrogens is 665 g/mol. The fraction of sp³-hybridized carbons (Fsp3) is 0.875. The quantitative estimate of drug-likeness (QED) is 0.0698. The molecule has 2 aliphatic rings. The molecule has 6 nitrogen and oxygen atoms in total. The lowest BCUT2D eigenvalue weighted by Crippen LogP contribution is -2.20. The highest BCUT2D eigenvalue weighted by Gasteiger charge is 2.19. The minimum absolute atomic E-state index is 0.190. The van der Waals surface area contributed by atoms with E-state index in [9.17, 15) is 0 Å². The average molecular weight is 753 g/mol. The van der Waals surface area contributed by atoms with E-state index in [1.165, 1.54) is 217 Å². The smallest absolute Gasteiger partial charge is 0.150 e. The molecule has 2 aromatic heterocycles. The lowest BCUT2D eigenvalue weighted by Gasteiger charge is -2.24. The van der Waals surface area contributed by atoms with Gasteiger partial charge in [0.25, 0.3) is 0 Å². The Morgan fingerprint density at radius 1 is 0.426 bits per heavy atom. The number of aryl methyl sites for hydroxylation is 2. The number of rotatable bonds is 32. The van der Waals surface area contributed by atoms with Crippen LogP contribution in [-0.4, -0.2) is 32.8 Å². The normalized spacial score (nSPS) is 17.4. The van der Waals surface area contributed by atoms with E-state index in [1.54, 1.807) is 0 Å². The second kappa shape index (κ2) is 33.5. The molecule has 0 aliphatic carbocycles. The molecule has 0 radical (unpaired) electrons. The summed E-state index contributed by atoms with van der Waals surface area (Å²) in [6, 6.07) is 4.36. The Balaban J connectivity index is 0.000000290. The van der Waals surface area contributed by atoms with Gasteiger partial charge in [-0.25, -0.2) is 9.36 Å². The fourth-order valence-corrected chi connectivity index (χ4v) is 8.43. The van der Waals surface area contributed by atoms with E-state index in [0.717, 1.165) is 38.9 Å². The third kappa shape index (κ3) is 22.2. The molecule has 6 heteroatoms. The van der Waals surface area contributed by atoms with Gasteiger partial charge in [0.05, 0.1) is 0 Å². The van der Waals surface area contributed by atoms with E-state index in [-0.39, 0.29) is 12.5 Å². The topological polar surface area (TPSA) is 54.1 Å². The SMILES string of the molecule is CCCCCCCCCCCCCCCCc1ccnn1[C@@H]1CCCCO1.CCCCCCCCCCCCCCCCc1ccnn1[C@H]1CCCCO1. The molecule has 0 N–H and O–H groups in total. The van der Waals surface area contributed by atoms with Gasteiger partial charge in [-0.3, -0.25) is 0 Å². The molecule has 0 unspecified atom stereocenters. The van der Waals surface area contributed by atoms with Crippen molar-refractivity contribution >= 4 is 0 Å². The van der Waals surface area contributed by atoms with Crippen LogP contribution in [0, 0.1) is 0 Å². The largest absolute Gasteiger partial charge is 0.357 e. The number of hydrogen-bond donors (Lipinski definition) is 0. The van der Waals surface area contributed by atoms with Crippen molar-refractivity contribution in [2.75, 3.05) is 13.2 Å². The molecule has 2 aromatic rings. The van der Waals surface area contributed by atoms with Crippen molar-refractivity contribution in [2.45, 2.75) is 257 Å². The van der Waals surface area contributed by atoms with Gasteiger partial charge < -0.3 is 9.47 Å². The molecule has 0 bridgehead atoms. The highest BCUT2D eigenvalue weighted by atomic mass is 16.5. The molecular formula is C48H88N4O2. The van der Waals surface area contributed by atoms with Crippen molar-refractivity contribution in [1.82, 2.24) is 19.6 Å². The second-order valence-electron chi connectivity index (χ2n) is 16.9. The van der Waals surface area contributed by atoms with Crippen molar-refractivity contribution in [3.63, 3.8) is 0 Å². The Labute approximate surface area is 334 Å². The van der Waals surface area contributed by atoms with Crippen LogP contribution in [0.5, 0.6) is 0 Å². The lowest BCUT2D eigenvalue weighted by atomic mass is 10.0. The summed E-state index contributed by atoms with van der Waals surface area (Å²) in [6.45, 7) is 6.37. The van der Waals surface area contributed by atoms with Crippen LogP contribution in [0.2, 0.25) is 0 Å². The van der Waals surface area contributed by atoms with Gasteiger partial charge in [0.1, 0.15) is 12.5 Å². The summed E-state index contributed by atoms with van der Waals surface area (Å²) < 4.78 is 16.1. The van der Waals surface area contributed by atoms with Gasteiger partial charge in [-0.05, 0) is 76.3 Å². The van der Waals surface area contributed by atoms with Crippen LogP contribution >= 0.6 is 0 Å². The maximum Gasteiger partial charge on any atom is 0.150 e. The molecule has 2 aliphatic heterocycles. The summed E-state index contributed by atoms with van der Waals surface area (Å²) in [6.07, 6.45) is 53.5. The molecule has 54 heavy (non-hydrogen) atoms. The first-order chi connectivity index (χ1) is 26.8. The first-order valence-electron chi connectivity index (χ1n) is 24.1. The molecule has 4 heterocycles. The van der Waals surface area contributed by atoms with Crippen LogP contribution in [0.3, 0.4) is 0 Å². The zero-order valence-corrected chi connectivity index (χ0v) is 35.9. The lowest BCUT2D eigenvalue weighted by molar-refractivity contribution is -0.0412. The van der Waals surface area contributed by atoms with Crippen LogP contribution in [0.1, 0.15) is 256 Å². The number of ether oxygens (including phenoxy) is 2. The van der Waals surface area contributed by atoms with Gasteiger partial charge in [0.15, 0.2) is 0 Å². The molecule has 4 rings (SSSR count). The number of aromatic nitrogens is 4. The van der Waals surface area contributed by atoms with Crippen molar-refractivity contribution in [1.29, 1.82) is 0 Å². The molecule has 0 aromatic carbocycles. The monoisotopic (exact) mass is 753 g/mol. The highest BCUT2D eigenvalue weighted by Crippen LogP contribution is 2.25. The molecule has 0 spiro atoms. The second-order valence-corrected chi connectivity index (χ2v) is 16.9. The first kappa shape index (κ1) is 46.7. The third-order valence-electron chi connectivity index (χ3n) is 11.9. The van der Waals surface area contributed by atoms with Gasteiger partial charge in [-0.2, -0.15) is 10.2 Å². The first-order valence-corrected chi connectivity index (χ1v) is 24.1. The maximum atomic E-state index is 5.89. The zero-order chi connectivity index (χ0) is 38.0. The van der Waals surface area contributed by atoms with E-state index in [4.69, 9.17) is 9.47 Å². The number of nitrogens with zero attached hydrogens (tertiary/aromatic N) is 4. The van der Waals surface area contributed by atoms with Gasteiger partial charge in [0.2, 0.25) is 0 Å². The zero-order valence-electron chi connectivity index (χ0n) is 35.9. The van der Waals surface area contributed by atoms with Crippen LogP contribution in [0.15, 0.2) is 24.5 Å². The van der Waals surface area contributed by atoms with Gasteiger partial charge in [-0.15, -0.1) is 0 Å². The summed E-state index contributed by atoms with van der Waals surface area (Å²) in [7, 11) is 0. The Bertz CT molecular complexity index is 986. The van der Waals surface area contributed by atoms with E-state index in [2.05, 4.69) is 45.5 Å². The average Bonchev–Trinajstić information content (AvgIpc) is 3.89. The fourth-order valence-electron chi connectivity index (χ4n) is 8.43. The summed E-state index contributed by atoms with van der Waals surface area (Å²) in [5.41, 5.74) is 2.72. The van der Waals surface area contributed by atoms with Crippen molar-refractivity contribution in [3.8, 4) is 0 Å². The maximum absolute atomic E-state index is 5.89. The summed E-state index contributed by atoms with van der Waals surface area (Å²) in [5, 5.41) is 9.03. The van der Waals surface area contributed by atoms with E-state index < -0.39 is 0 Å². The molecule has 2 fully saturated rings. The van der Waals surface area contributed by atoms with Crippen molar-refractivity contribution in [3.05, 3.63) is 35.9 Å². The van der Waals surface area contributed by atoms with E-state index in [1.807, 2.05) is 12.4 Å². The van der Waals surface area contributed by atoms with Gasteiger partial charge in [0, 0.05) is 37.0 Å².